The van der Waals surface area contributed by atoms with E-state index in [2.05, 4.69) is 26.5 Å². The number of hydrogen-bond acceptors (Lipinski definition) is 1. The van der Waals surface area contributed by atoms with Gasteiger partial charge in [0, 0.05) is 13.7 Å². The van der Waals surface area contributed by atoms with Crippen LogP contribution in [0.1, 0.15) is 52.4 Å². The van der Waals surface area contributed by atoms with Gasteiger partial charge < -0.3 is 4.74 Å². The summed E-state index contributed by atoms with van der Waals surface area (Å²) in [6.45, 7) is 9.52. The molecule has 3 atom stereocenters. The SMILES string of the molecule is C=CC[C@@H]1[C@H](COC)[C@@]1(C)CCCCCC. The Hall–Kier alpha value is -0.300. The molecule has 0 N–H and O–H groups in total. The third-order valence-corrected chi connectivity index (χ3v) is 4.41. The van der Waals surface area contributed by atoms with Crippen LogP contribution in [-0.4, -0.2) is 13.7 Å². The minimum Gasteiger partial charge on any atom is -0.384 e. The molecule has 16 heavy (non-hydrogen) atoms. The van der Waals surface area contributed by atoms with E-state index >= 15 is 0 Å². The first-order chi connectivity index (χ1) is 7.70. The fourth-order valence-corrected chi connectivity index (χ4v) is 3.17. The van der Waals surface area contributed by atoms with E-state index in [0.717, 1.165) is 24.9 Å². The van der Waals surface area contributed by atoms with Crippen LogP contribution < -0.4 is 0 Å². The number of methoxy groups -OCH3 is 1. The van der Waals surface area contributed by atoms with Gasteiger partial charge in [-0.1, -0.05) is 45.6 Å². The van der Waals surface area contributed by atoms with Crippen LogP contribution in [0.2, 0.25) is 0 Å². The van der Waals surface area contributed by atoms with Gasteiger partial charge in [-0.3, -0.25) is 0 Å². The lowest BCUT2D eigenvalue weighted by atomic mass is 9.95. The molecular formula is C15H28O. The molecule has 1 aliphatic rings. The largest absolute Gasteiger partial charge is 0.384 e. The molecule has 1 rings (SSSR count). The molecule has 0 aromatic heterocycles. The predicted molar refractivity (Wildman–Crippen MR) is 70.5 cm³/mol. The third kappa shape index (κ3) is 3.10. The van der Waals surface area contributed by atoms with E-state index < -0.39 is 0 Å². The van der Waals surface area contributed by atoms with Crippen molar-refractivity contribution in [1.82, 2.24) is 0 Å². The van der Waals surface area contributed by atoms with Gasteiger partial charge in [-0.15, -0.1) is 6.58 Å². The van der Waals surface area contributed by atoms with Gasteiger partial charge in [0.1, 0.15) is 0 Å². The third-order valence-electron chi connectivity index (χ3n) is 4.41. The van der Waals surface area contributed by atoms with Crippen LogP contribution in [0.4, 0.5) is 0 Å². The molecule has 0 amide bonds. The quantitative estimate of drug-likeness (QED) is 0.416. The van der Waals surface area contributed by atoms with Gasteiger partial charge in [0.15, 0.2) is 0 Å². The summed E-state index contributed by atoms with van der Waals surface area (Å²) in [5.74, 6) is 1.60. The summed E-state index contributed by atoms with van der Waals surface area (Å²) in [6.07, 6.45) is 10.1. The van der Waals surface area contributed by atoms with E-state index in [-0.39, 0.29) is 0 Å². The van der Waals surface area contributed by atoms with E-state index in [0.29, 0.717) is 5.41 Å². The molecule has 1 heteroatoms. The molecule has 0 bridgehead atoms. The van der Waals surface area contributed by atoms with E-state index in [4.69, 9.17) is 4.74 Å². The normalized spacial score (nSPS) is 32.7. The van der Waals surface area contributed by atoms with Crippen LogP contribution in [0, 0.1) is 17.3 Å². The van der Waals surface area contributed by atoms with Gasteiger partial charge in [0.25, 0.3) is 0 Å². The fraction of sp³-hybridized carbons (Fsp3) is 0.867. The lowest BCUT2D eigenvalue weighted by Crippen LogP contribution is -2.03. The van der Waals surface area contributed by atoms with Gasteiger partial charge in [0.05, 0.1) is 0 Å². The molecule has 0 heterocycles. The second-order valence-corrected chi connectivity index (χ2v) is 5.51. The van der Waals surface area contributed by atoms with Crippen LogP contribution in [-0.2, 0) is 4.74 Å². The average molecular weight is 224 g/mol. The summed E-state index contributed by atoms with van der Waals surface area (Å²) in [6, 6.07) is 0. The molecule has 0 aliphatic heterocycles. The van der Waals surface area contributed by atoms with Crippen molar-refractivity contribution < 1.29 is 4.74 Å². The van der Waals surface area contributed by atoms with Crippen LogP contribution in [0.25, 0.3) is 0 Å². The van der Waals surface area contributed by atoms with Crippen molar-refractivity contribution in [2.45, 2.75) is 52.4 Å². The highest BCUT2D eigenvalue weighted by atomic mass is 16.5. The van der Waals surface area contributed by atoms with Crippen LogP contribution in [0.3, 0.4) is 0 Å². The second-order valence-electron chi connectivity index (χ2n) is 5.51. The van der Waals surface area contributed by atoms with Gasteiger partial charge in [-0.25, -0.2) is 0 Å². The van der Waals surface area contributed by atoms with Crippen molar-refractivity contribution in [3.63, 3.8) is 0 Å². The predicted octanol–water partition coefficient (Wildman–Crippen LogP) is 4.43. The maximum absolute atomic E-state index is 5.33. The Kier molecular flexibility index (Phi) is 5.54. The molecule has 1 aliphatic carbocycles. The number of rotatable bonds is 9. The summed E-state index contributed by atoms with van der Waals surface area (Å²) < 4.78 is 5.33. The summed E-state index contributed by atoms with van der Waals surface area (Å²) in [5, 5.41) is 0. The van der Waals surface area contributed by atoms with Crippen molar-refractivity contribution >= 4 is 0 Å². The maximum Gasteiger partial charge on any atom is 0.0498 e. The van der Waals surface area contributed by atoms with E-state index in [1.807, 2.05) is 7.11 Å². The van der Waals surface area contributed by atoms with Gasteiger partial charge in [-0.05, 0) is 30.1 Å². The Bertz CT molecular complexity index is 211. The van der Waals surface area contributed by atoms with Crippen LogP contribution >= 0.6 is 0 Å². The molecule has 1 nitrogen and oxygen atoms in total. The van der Waals surface area contributed by atoms with Crippen molar-refractivity contribution in [3.8, 4) is 0 Å². The standard InChI is InChI=1S/C15H28O/c1-5-7-8-9-11-15(3)13(10-6-2)14(15)12-16-4/h6,13-14H,2,5,7-12H2,1,3-4H3/t13-,14+,15+/m1/s1. The maximum atomic E-state index is 5.33. The molecule has 0 aromatic rings. The lowest BCUT2D eigenvalue weighted by molar-refractivity contribution is 0.169. The molecule has 0 saturated heterocycles. The number of hydrogen-bond donors (Lipinski definition) is 0. The summed E-state index contributed by atoms with van der Waals surface area (Å²) in [4.78, 5) is 0. The monoisotopic (exact) mass is 224 g/mol. The minimum absolute atomic E-state index is 0.540. The van der Waals surface area contributed by atoms with E-state index in [1.165, 1.54) is 32.1 Å². The topological polar surface area (TPSA) is 9.23 Å². The molecule has 94 valence electrons. The van der Waals surface area contributed by atoms with Gasteiger partial charge in [-0.2, -0.15) is 0 Å². The Labute approximate surface area is 101 Å². The van der Waals surface area contributed by atoms with Crippen molar-refractivity contribution in [2.24, 2.45) is 17.3 Å². The highest BCUT2D eigenvalue weighted by molar-refractivity contribution is 5.09. The summed E-state index contributed by atoms with van der Waals surface area (Å²) in [5.41, 5.74) is 0.540. The van der Waals surface area contributed by atoms with Gasteiger partial charge in [0.2, 0.25) is 0 Å². The zero-order chi connectivity index (χ0) is 12.0. The molecule has 1 fully saturated rings. The van der Waals surface area contributed by atoms with E-state index in [9.17, 15) is 0 Å². The van der Waals surface area contributed by atoms with Crippen molar-refractivity contribution in [2.75, 3.05) is 13.7 Å². The summed E-state index contributed by atoms with van der Waals surface area (Å²) in [7, 11) is 1.82. The Morgan fingerprint density at radius 1 is 1.25 bits per heavy atom. The molecular weight excluding hydrogens is 196 g/mol. The number of allylic oxidation sites excluding steroid dienone is 1. The smallest absolute Gasteiger partial charge is 0.0498 e. The fourth-order valence-electron chi connectivity index (χ4n) is 3.17. The highest BCUT2D eigenvalue weighted by Crippen LogP contribution is 2.63. The zero-order valence-electron chi connectivity index (χ0n) is 11.3. The highest BCUT2D eigenvalue weighted by Gasteiger charge is 2.58. The second kappa shape index (κ2) is 6.44. The summed E-state index contributed by atoms with van der Waals surface area (Å²) >= 11 is 0. The van der Waals surface area contributed by atoms with E-state index in [1.54, 1.807) is 0 Å². The van der Waals surface area contributed by atoms with Crippen LogP contribution in [0.5, 0.6) is 0 Å². The molecule has 0 radical (unpaired) electrons. The van der Waals surface area contributed by atoms with Crippen molar-refractivity contribution in [1.29, 1.82) is 0 Å². The number of unbranched alkanes of at least 4 members (excludes halogenated alkanes) is 3. The molecule has 0 spiro atoms. The Morgan fingerprint density at radius 3 is 2.56 bits per heavy atom. The number of ether oxygens (including phenoxy) is 1. The first kappa shape index (κ1) is 13.8. The Balaban J connectivity index is 2.33. The van der Waals surface area contributed by atoms with Crippen LogP contribution in [0.15, 0.2) is 12.7 Å². The van der Waals surface area contributed by atoms with Gasteiger partial charge >= 0.3 is 0 Å². The average Bonchev–Trinajstić information content (AvgIpc) is 2.81. The first-order valence-electron chi connectivity index (χ1n) is 6.80. The van der Waals surface area contributed by atoms with Crippen molar-refractivity contribution in [3.05, 3.63) is 12.7 Å². The molecule has 0 aromatic carbocycles. The Morgan fingerprint density at radius 2 is 2.00 bits per heavy atom. The lowest BCUT2D eigenvalue weighted by Gasteiger charge is -2.11. The molecule has 1 saturated carbocycles. The first-order valence-corrected chi connectivity index (χ1v) is 6.80. The molecule has 0 unspecified atom stereocenters. The zero-order valence-corrected chi connectivity index (χ0v) is 11.3. The minimum atomic E-state index is 0.540.